The lowest BCUT2D eigenvalue weighted by atomic mass is 10.3. The molecule has 0 atom stereocenters. The Bertz CT molecular complexity index is 626. The fourth-order valence-electron chi connectivity index (χ4n) is 2.16. The highest BCUT2D eigenvalue weighted by molar-refractivity contribution is 7.72. The van der Waals surface area contributed by atoms with Gasteiger partial charge in [-0.2, -0.15) is 0 Å². The number of hydrogen-bond acceptors (Lipinski definition) is 7. The average Bonchev–Trinajstić information content (AvgIpc) is 2.56. The van der Waals surface area contributed by atoms with Crippen LogP contribution in [0.15, 0.2) is 18.2 Å². The molecule has 0 aliphatic carbocycles. The summed E-state index contributed by atoms with van der Waals surface area (Å²) < 4.78 is 48.3. The second-order valence-electron chi connectivity index (χ2n) is 4.89. The van der Waals surface area contributed by atoms with E-state index in [0.29, 0.717) is 15.7 Å². The van der Waals surface area contributed by atoms with Gasteiger partial charge in [-0.15, -0.1) is 0 Å². The summed E-state index contributed by atoms with van der Waals surface area (Å²) >= 11 is 12.2. The van der Waals surface area contributed by atoms with Gasteiger partial charge in [0.25, 0.3) is 0 Å². The van der Waals surface area contributed by atoms with Crippen molar-refractivity contribution in [3.63, 3.8) is 0 Å². The maximum absolute atomic E-state index is 13.4. The molecule has 0 saturated carbocycles. The second-order valence-corrected chi connectivity index (χ2v) is 10.4. The van der Waals surface area contributed by atoms with Gasteiger partial charge < -0.3 is 23.4 Å². The third-order valence-corrected chi connectivity index (χ3v) is 9.24. The van der Waals surface area contributed by atoms with Crippen LogP contribution in [0.2, 0.25) is 10.0 Å². The van der Waals surface area contributed by atoms with Gasteiger partial charge >= 0.3 is 15.2 Å². The molecule has 0 fully saturated rings. The predicted molar refractivity (Wildman–Crippen MR) is 106 cm³/mol. The van der Waals surface area contributed by atoms with Gasteiger partial charge in [-0.25, -0.2) is 0 Å². The average molecular weight is 448 g/mol. The summed E-state index contributed by atoms with van der Waals surface area (Å²) in [6.45, 7) is 6.94. The maximum atomic E-state index is 13.4. The standard InChI is InChI=1S/C15H25Cl2NO6P2/c1-5-21-25(19,22-6-2)15(26(20,23-7-3)24-8-4)18-14-11-12(16)9-10-13(14)17/h9-11,15,18H,5-8H2,1-4H3. The lowest BCUT2D eigenvalue weighted by Gasteiger charge is -2.32. The summed E-state index contributed by atoms with van der Waals surface area (Å²) in [5.74, 6) is 0. The molecule has 0 amide bonds. The van der Waals surface area contributed by atoms with E-state index in [-0.39, 0.29) is 26.4 Å². The van der Waals surface area contributed by atoms with Crippen LogP contribution in [-0.4, -0.2) is 32.0 Å². The Kier molecular flexibility index (Phi) is 10.2. The summed E-state index contributed by atoms with van der Waals surface area (Å²) in [5.41, 5.74) is -1.10. The molecular formula is C15H25Cl2NO6P2. The van der Waals surface area contributed by atoms with Crippen LogP contribution in [0.1, 0.15) is 27.7 Å². The molecule has 1 rings (SSSR count). The largest absolute Gasteiger partial charge is 0.365 e. The van der Waals surface area contributed by atoms with E-state index in [4.69, 9.17) is 41.3 Å². The van der Waals surface area contributed by atoms with Gasteiger partial charge in [-0.05, 0) is 45.9 Å². The van der Waals surface area contributed by atoms with Crippen molar-refractivity contribution < 1.29 is 27.2 Å². The van der Waals surface area contributed by atoms with E-state index in [1.807, 2.05) is 0 Å². The number of nitrogens with one attached hydrogen (secondary N) is 1. The summed E-state index contributed by atoms with van der Waals surface area (Å²) in [5, 5.41) is 3.55. The van der Waals surface area contributed by atoms with Crippen LogP contribution in [0.5, 0.6) is 0 Å². The van der Waals surface area contributed by atoms with Gasteiger partial charge in [0.05, 0.1) is 37.1 Å². The number of halogens is 2. The van der Waals surface area contributed by atoms with Crippen LogP contribution in [0, 0.1) is 0 Å². The van der Waals surface area contributed by atoms with Crippen molar-refractivity contribution in [1.29, 1.82) is 0 Å². The first-order chi connectivity index (χ1) is 12.3. The lowest BCUT2D eigenvalue weighted by Crippen LogP contribution is -2.25. The van der Waals surface area contributed by atoms with E-state index < -0.39 is 20.7 Å². The number of hydrogen-bond donors (Lipinski definition) is 1. The molecule has 0 spiro atoms. The zero-order valence-corrected chi connectivity index (χ0v) is 18.5. The van der Waals surface area contributed by atoms with E-state index in [0.717, 1.165) is 0 Å². The molecule has 0 aliphatic rings. The first-order valence-electron chi connectivity index (χ1n) is 8.25. The molecule has 0 aliphatic heterocycles. The van der Waals surface area contributed by atoms with Gasteiger partial charge in [0.15, 0.2) is 0 Å². The molecule has 0 aromatic heterocycles. The fourth-order valence-corrected chi connectivity index (χ4v) is 7.43. The van der Waals surface area contributed by atoms with E-state index in [1.54, 1.807) is 39.8 Å². The molecule has 26 heavy (non-hydrogen) atoms. The van der Waals surface area contributed by atoms with Crippen LogP contribution in [0.25, 0.3) is 0 Å². The van der Waals surface area contributed by atoms with Crippen molar-refractivity contribution in [2.75, 3.05) is 31.7 Å². The molecule has 0 unspecified atom stereocenters. The van der Waals surface area contributed by atoms with Gasteiger partial charge in [-0.3, -0.25) is 9.13 Å². The summed E-state index contributed by atoms with van der Waals surface area (Å²) in [6, 6.07) is 4.67. The molecule has 1 aromatic carbocycles. The molecule has 1 N–H and O–H groups in total. The van der Waals surface area contributed by atoms with Crippen molar-refractivity contribution in [3.05, 3.63) is 28.2 Å². The van der Waals surface area contributed by atoms with Gasteiger partial charge in [0.2, 0.25) is 5.52 Å². The highest BCUT2D eigenvalue weighted by Gasteiger charge is 2.51. The highest BCUT2D eigenvalue weighted by Crippen LogP contribution is 2.70. The zero-order chi connectivity index (χ0) is 19.8. The molecular weight excluding hydrogens is 423 g/mol. The molecule has 1 aromatic rings. The Balaban J connectivity index is 3.46. The SMILES string of the molecule is CCOP(=O)(OCC)C(Nc1cc(Cl)ccc1Cl)P(=O)(OCC)OCC. The molecule has 0 saturated heterocycles. The van der Waals surface area contributed by atoms with Crippen LogP contribution < -0.4 is 5.32 Å². The van der Waals surface area contributed by atoms with Gasteiger partial charge in [-0.1, -0.05) is 23.2 Å². The minimum Gasteiger partial charge on any atom is -0.360 e. The normalized spacial score (nSPS) is 12.6. The van der Waals surface area contributed by atoms with Crippen molar-refractivity contribution in [1.82, 2.24) is 0 Å². The first kappa shape index (κ1) is 23.9. The third kappa shape index (κ3) is 6.22. The summed E-state index contributed by atoms with van der Waals surface area (Å²) in [6.07, 6.45) is 0. The number of rotatable bonds is 12. The minimum atomic E-state index is -3.94. The minimum absolute atomic E-state index is 0.0803. The van der Waals surface area contributed by atoms with E-state index in [9.17, 15) is 9.13 Å². The van der Waals surface area contributed by atoms with Crippen LogP contribution in [-0.2, 0) is 27.2 Å². The number of anilines is 1. The maximum Gasteiger partial charge on any atom is 0.365 e. The summed E-state index contributed by atoms with van der Waals surface area (Å²) in [4.78, 5) is 0. The van der Waals surface area contributed by atoms with Gasteiger partial charge in [0, 0.05) is 5.02 Å². The lowest BCUT2D eigenvalue weighted by molar-refractivity contribution is 0.198. The van der Waals surface area contributed by atoms with Crippen LogP contribution in [0.4, 0.5) is 5.69 Å². The Hall–Kier alpha value is -0.100. The molecule has 0 heterocycles. The Morgan fingerprint density at radius 1 is 0.885 bits per heavy atom. The molecule has 0 radical (unpaired) electrons. The molecule has 11 heteroatoms. The fraction of sp³-hybridized carbons (Fsp3) is 0.600. The van der Waals surface area contributed by atoms with Crippen molar-refractivity contribution in [2.24, 2.45) is 0 Å². The number of benzene rings is 1. The van der Waals surface area contributed by atoms with Crippen molar-refractivity contribution in [3.8, 4) is 0 Å². The third-order valence-electron chi connectivity index (χ3n) is 3.05. The summed E-state index contributed by atoms with van der Waals surface area (Å²) in [7, 11) is -7.87. The highest BCUT2D eigenvalue weighted by atomic mass is 35.5. The van der Waals surface area contributed by atoms with Crippen LogP contribution in [0.3, 0.4) is 0 Å². The van der Waals surface area contributed by atoms with E-state index >= 15 is 0 Å². The molecule has 7 nitrogen and oxygen atoms in total. The van der Waals surface area contributed by atoms with Crippen molar-refractivity contribution >= 4 is 44.1 Å². The van der Waals surface area contributed by atoms with E-state index in [1.165, 1.54) is 6.07 Å². The smallest absolute Gasteiger partial charge is 0.360 e. The van der Waals surface area contributed by atoms with Gasteiger partial charge in [0.1, 0.15) is 0 Å². The topological polar surface area (TPSA) is 83.1 Å². The Morgan fingerprint density at radius 2 is 1.31 bits per heavy atom. The van der Waals surface area contributed by atoms with Crippen molar-refractivity contribution in [2.45, 2.75) is 33.2 Å². The second kappa shape index (κ2) is 11.0. The zero-order valence-electron chi connectivity index (χ0n) is 15.2. The predicted octanol–water partition coefficient (Wildman–Crippen LogP) is 6.22. The van der Waals surface area contributed by atoms with E-state index in [2.05, 4.69) is 5.32 Å². The Labute approximate surface area is 164 Å². The quantitative estimate of drug-likeness (QED) is 0.380. The van der Waals surface area contributed by atoms with Crippen LogP contribution >= 0.6 is 38.4 Å². The molecule has 0 bridgehead atoms. The first-order valence-corrected chi connectivity index (χ1v) is 12.2. The monoisotopic (exact) mass is 447 g/mol. The molecule has 150 valence electrons. The Morgan fingerprint density at radius 3 is 1.69 bits per heavy atom.